The highest BCUT2D eigenvalue weighted by Gasteiger charge is 2.29. The number of hydrogen-bond acceptors (Lipinski definition) is 5. The van der Waals surface area contributed by atoms with Crippen LogP contribution < -0.4 is 11.5 Å². The number of benzene rings is 2. The Morgan fingerprint density at radius 3 is 2.34 bits per heavy atom. The molecule has 35 heavy (non-hydrogen) atoms. The molecule has 0 saturated carbocycles. The number of rotatable bonds is 6. The molecule has 4 aromatic rings. The molecule has 2 aromatic carbocycles. The van der Waals surface area contributed by atoms with Crippen LogP contribution in [0.2, 0.25) is 0 Å². The maximum absolute atomic E-state index is 13.9. The number of carbonyl (C=O) groups excluding carboxylic acids is 2. The predicted octanol–water partition coefficient (Wildman–Crippen LogP) is 3.79. The number of fused-ring (bicyclic) bond motifs is 1. The topological polar surface area (TPSA) is 141 Å². The molecular formula is C26H23FN6O2. The van der Waals surface area contributed by atoms with Crippen molar-refractivity contribution in [3.8, 4) is 17.2 Å². The number of pyridine rings is 1. The van der Waals surface area contributed by atoms with E-state index in [4.69, 9.17) is 21.8 Å². The number of nitrogens with two attached hydrogens (primary N) is 2. The predicted molar refractivity (Wildman–Crippen MR) is 129 cm³/mol. The summed E-state index contributed by atoms with van der Waals surface area (Å²) in [5.74, 6) is -2.33. The summed E-state index contributed by atoms with van der Waals surface area (Å²) < 4.78 is 15.7. The van der Waals surface area contributed by atoms with Crippen molar-refractivity contribution in [3.05, 3.63) is 82.1 Å². The zero-order chi connectivity index (χ0) is 25.4. The maximum Gasteiger partial charge on any atom is 0.267 e. The summed E-state index contributed by atoms with van der Waals surface area (Å²) in [5, 5.41) is 14.1. The summed E-state index contributed by atoms with van der Waals surface area (Å²) >= 11 is 0. The van der Waals surface area contributed by atoms with Gasteiger partial charge in [0.05, 0.1) is 35.0 Å². The summed E-state index contributed by atoms with van der Waals surface area (Å²) in [7, 11) is 0. The van der Waals surface area contributed by atoms with Crippen LogP contribution in [0.5, 0.6) is 0 Å². The molecule has 0 fully saturated rings. The van der Waals surface area contributed by atoms with E-state index < -0.39 is 17.6 Å². The fourth-order valence-corrected chi connectivity index (χ4v) is 4.21. The largest absolute Gasteiger partial charge is 0.366 e. The van der Waals surface area contributed by atoms with E-state index >= 15 is 0 Å². The average molecular weight is 471 g/mol. The third kappa shape index (κ3) is 4.22. The fraction of sp³-hybridized carbons (Fsp3) is 0.192. The molecular weight excluding hydrogens is 447 g/mol. The molecule has 2 aromatic heterocycles. The fourth-order valence-electron chi connectivity index (χ4n) is 4.21. The number of carbonyl (C=O) groups is 2. The monoisotopic (exact) mass is 470 g/mol. The molecule has 0 saturated heterocycles. The third-order valence-corrected chi connectivity index (χ3v) is 5.87. The third-order valence-electron chi connectivity index (χ3n) is 5.87. The van der Waals surface area contributed by atoms with Crippen molar-refractivity contribution in [1.82, 2.24) is 14.8 Å². The van der Waals surface area contributed by atoms with Gasteiger partial charge in [0.1, 0.15) is 11.5 Å². The Morgan fingerprint density at radius 1 is 1.09 bits per heavy atom. The summed E-state index contributed by atoms with van der Waals surface area (Å²) in [6, 6.07) is 13.0. The lowest BCUT2D eigenvalue weighted by atomic mass is 9.90. The molecule has 0 radical (unpaired) electrons. The van der Waals surface area contributed by atoms with Gasteiger partial charge in [0.25, 0.3) is 5.91 Å². The van der Waals surface area contributed by atoms with Crippen LogP contribution in [-0.4, -0.2) is 26.6 Å². The van der Waals surface area contributed by atoms with Crippen LogP contribution in [0.3, 0.4) is 0 Å². The van der Waals surface area contributed by atoms with Gasteiger partial charge in [0.2, 0.25) is 5.91 Å². The second-order valence-corrected chi connectivity index (χ2v) is 8.57. The minimum Gasteiger partial charge on any atom is -0.366 e. The van der Waals surface area contributed by atoms with Gasteiger partial charge in [-0.25, -0.2) is 9.37 Å². The first-order chi connectivity index (χ1) is 16.6. The van der Waals surface area contributed by atoms with Crippen molar-refractivity contribution in [1.29, 1.82) is 5.26 Å². The van der Waals surface area contributed by atoms with Gasteiger partial charge in [0.15, 0.2) is 0 Å². The number of nitriles is 1. The van der Waals surface area contributed by atoms with Crippen LogP contribution in [0.4, 0.5) is 4.39 Å². The standard InChI is InChI=1S/C26H23FN6O2/c1-13(2)23-20(14(3)33(32-23)12-16-6-4-15(11-28)5-7-16)22-21(25(29)34)18-9-8-17(27)10-19(18)31-24(22)26(30)35/h4-10,13H,12H2,1-3H3,(H2,29,34)(H2,30,35). The molecule has 0 aliphatic heterocycles. The van der Waals surface area contributed by atoms with Gasteiger partial charge in [-0.2, -0.15) is 10.4 Å². The van der Waals surface area contributed by atoms with Crippen LogP contribution in [0.25, 0.3) is 22.0 Å². The van der Waals surface area contributed by atoms with Crippen LogP contribution in [0.15, 0.2) is 42.5 Å². The molecule has 0 bridgehead atoms. The van der Waals surface area contributed by atoms with Crippen molar-refractivity contribution in [2.75, 3.05) is 0 Å². The number of halogens is 1. The Hall–Kier alpha value is -4.58. The van der Waals surface area contributed by atoms with Gasteiger partial charge in [-0.05, 0) is 42.7 Å². The van der Waals surface area contributed by atoms with E-state index in [1.807, 2.05) is 32.9 Å². The van der Waals surface area contributed by atoms with E-state index in [1.165, 1.54) is 12.1 Å². The molecule has 0 spiro atoms. The zero-order valence-electron chi connectivity index (χ0n) is 19.5. The first-order valence-electron chi connectivity index (χ1n) is 10.9. The van der Waals surface area contributed by atoms with Crippen LogP contribution in [0.1, 0.15) is 63.1 Å². The summed E-state index contributed by atoms with van der Waals surface area (Å²) in [5.41, 5.74) is 14.9. The van der Waals surface area contributed by atoms with E-state index in [0.717, 1.165) is 11.6 Å². The highest BCUT2D eigenvalue weighted by Crippen LogP contribution is 2.38. The van der Waals surface area contributed by atoms with Gasteiger partial charge in [-0.3, -0.25) is 14.3 Å². The first kappa shape index (κ1) is 23.6. The van der Waals surface area contributed by atoms with Gasteiger partial charge in [0, 0.05) is 28.3 Å². The molecule has 9 heteroatoms. The lowest BCUT2D eigenvalue weighted by Gasteiger charge is -2.16. The van der Waals surface area contributed by atoms with Crippen LogP contribution in [-0.2, 0) is 6.54 Å². The minimum atomic E-state index is -0.873. The van der Waals surface area contributed by atoms with Gasteiger partial charge < -0.3 is 11.5 Å². The Bertz CT molecular complexity index is 1530. The Labute approximate surface area is 201 Å². The van der Waals surface area contributed by atoms with E-state index in [9.17, 15) is 14.0 Å². The lowest BCUT2D eigenvalue weighted by molar-refractivity contribution is 0.0996. The lowest BCUT2D eigenvalue weighted by Crippen LogP contribution is -2.21. The van der Waals surface area contributed by atoms with Crippen LogP contribution in [0, 0.1) is 24.1 Å². The molecule has 2 amide bonds. The number of hydrogen-bond donors (Lipinski definition) is 2. The highest BCUT2D eigenvalue weighted by atomic mass is 19.1. The van der Waals surface area contributed by atoms with Crippen LogP contribution >= 0.6 is 0 Å². The van der Waals surface area contributed by atoms with Crippen molar-refractivity contribution in [2.24, 2.45) is 11.5 Å². The Balaban J connectivity index is 2.03. The van der Waals surface area contributed by atoms with Crippen molar-refractivity contribution >= 4 is 22.7 Å². The van der Waals surface area contributed by atoms with Crippen molar-refractivity contribution in [3.63, 3.8) is 0 Å². The number of nitrogens with zero attached hydrogens (tertiary/aromatic N) is 4. The highest BCUT2D eigenvalue weighted by molar-refractivity contribution is 6.15. The summed E-state index contributed by atoms with van der Waals surface area (Å²) in [6.07, 6.45) is 0. The molecule has 0 aliphatic rings. The number of primary amides is 2. The van der Waals surface area contributed by atoms with E-state index in [1.54, 1.807) is 16.8 Å². The van der Waals surface area contributed by atoms with Gasteiger partial charge in [-0.1, -0.05) is 26.0 Å². The second-order valence-electron chi connectivity index (χ2n) is 8.57. The van der Waals surface area contributed by atoms with E-state index in [-0.39, 0.29) is 28.3 Å². The maximum atomic E-state index is 13.9. The summed E-state index contributed by atoms with van der Waals surface area (Å²) in [4.78, 5) is 29.5. The van der Waals surface area contributed by atoms with Gasteiger partial charge in [-0.15, -0.1) is 0 Å². The minimum absolute atomic E-state index is 0.0340. The quantitative estimate of drug-likeness (QED) is 0.441. The average Bonchev–Trinajstić information content (AvgIpc) is 3.13. The number of amides is 2. The number of aromatic nitrogens is 3. The SMILES string of the molecule is Cc1c(-c2c(C(N)=O)nc3cc(F)ccc3c2C(N)=O)c(C(C)C)nn1Cc1ccc(C#N)cc1. The first-order valence-corrected chi connectivity index (χ1v) is 10.9. The van der Waals surface area contributed by atoms with Crippen molar-refractivity contribution in [2.45, 2.75) is 33.2 Å². The van der Waals surface area contributed by atoms with E-state index in [0.29, 0.717) is 34.4 Å². The molecule has 176 valence electrons. The molecule has 8 nitrogen and oxygen atoms in total. The molecule has 0 unspecified atom stereocenters. The van der Waals surface area contributed by atoms with Gasteiger partial charge >= 0.3 is 0 Å². The molecule has 0 aliphatic carbocycles. The molecule has 2 heterocycles. The molecule has 4 rings (SSSR count). The Kier molecular flexibility index (Phi) is 6.05. The normalized spacial score (nSPS) is 11.1. The second kappa shape index (κ2) is 8.99. The molecule has 4 N–H and O–H groups in total. The molecule has 0 atom stereocenters. The smallest absolute Gasteiger partial charge is 0.267 e. The Morgan fingerprint density at radius 2 is 1.77 bits per heavy atom. The summed E-state index contributed by atoms with van der Waals surface area (Å²) in [6.45, 7) is 6.09. The van der Waals surface area contributed by atoms with Crippen molar-refractivity contribution < 1.29 is 14.0 Å². The van der Waals surface area contributed by atoms with E-state index in [2.05, 4.69) is 11.1 Å². The zero-order valence-corrected chi connectivity index (χ0v) is 19.5.